The Morgan fingerprint density at radius 2 is 2.06 bits per heavy atom. The molecule has 2 N–H and O–H groups in total. The van der Waals surface area contributed by atoms with Crippen LogP contribution in [0.2, 0.25) is 0 Å². The second kappa shape index (κ2) is 3.85. The number of aromatic nitrogens is 2. The van der Waals surface area contributed by atoms with Crippen LogP contribution in [0.1, 0.15) is 0 Å². The summed E-state index contributed by atoms with van der Waals surface area (Å²) in [6.45, 7) is 0. The Bertz CT molecular complexity index is 693. The Balaban J connectivity index is 2.22. The van der Waals surface area contributed by atoms with Gasteiger partial charge in [-0.3, -0.25) is 0 Å². The number of oxazole rings is 1. The molecule has 0 bridgehead atoms. The van der Waals surface area contributed by atoms with Crippen LogP contribution in [0.3, 0.4) is 0 Å². The van der Waals surface area contributed by atoms with E-state index in [1.807, 2.05) is 24.3 Å². The number of nitrogen functional groups attached to an aromatic ring is 1. The average molecular weight is 290 g/mol. The van der Waals surface area contributed by atoms with E-state index in [1.165, 1.54) is 0 Å². The Labute approximate surface area is 106 Å². The van der Waals surface area contributed by atoms with Crippen LogP contribution in [0, 0.1) is 0 Å². The minimum atomic E-state index is 0.491. The van der Waals surface area contributed by atoms with Crippen molar-refractivity contribution in [3.8, 4) is 11.5 Å². The van der Waals surface area contributed by atoms with E-state index in [4.69, 9.17) is 10.2 Å². The largest absolute Gasteiger partial charge is 0.418 e. The summed E-state index contributed by atoms with van der Waals surface area (Å²) < 4.78 is 6.51. The van der Waals surface area contributed by atoms with E-state index in [0.29, 0.717) is 22.8 Å². The molecule has 0 amide bonds. The van der Waals surface area contributed by atoms with Gasteiger partial charge in [0.05, 0.1) is 17.4 Å². The maximum Gasteiger partial charge on any atom is 0.247 e. The van der Waals surface area contributed by atoms with Crippen LogP contribution >= 0.6 is 15.9 Å². The van der Waals surface area contributed by atoms with Gasteiger partial charge in [0.1, 0.15) is 5.52 Å². The number of anilines is 1. The molecule has 3 rings (SSSR count). The quantitative estimate of drug-likeness (QED) is 0.747. The topological polar surface area (TPSA) is 64.9 Å². The number of halogens is 1. The molecule has 84 valence electrons. The predicted octanol–water partition coefficient (Wildman–Crippen LogP) is 3.23. The number of rotatable bonds is 1. The maximum absolute atomic E-state index is 5.65. The fourth-order valence-corrected chi connectivity index (χ4v) is 2.04. The molecule has 0 aliphatic rings. The molecule has 0 aliphatic carbocycles. The molecule has 2 aromatic heterocycles. The lowest BCUT2D eigenvalue weighted by molar-refractivity contribution is 0.607. The van der Waals surface area contributed by atoms with Crippen molar-refractivity contribution in [2.45, 2.75) is 0 Å². The van der Waals surface area contributed by atoms with Crippen LogP contribution in [0.15, 0.2) is 45.4 Å². The van der Waals surface area contributed by atoms with Gasteiger partial charge in [0, 0.05) is 4.47 Å². The minimum absolute atomic E-state index is 0.491. The number of nitrogens with zero attached hydrogens (tertiary/aromatic N) is 2. The van der Waals surface area contributed by atoms with Crippen LogP contribution in [0.4, 0.5) is 5.69 Å². The molecule has 0 spiro atoms. The lowest BCUT2D eigenvalue weighted by Crippen LogP contribution is -1.85. The maximum atomic E-state index is 5.65. The zero-order valence-corrected chi connectivity index (χ0v) is 10.3. The normalized spacial score (nSPS) is 10.9. The fourth-order valence-electron chi connectivity index (χ4n) is 1.59. The van der Waals surface area contributed by atoms with Gasteiger partial charge >= 0.3 is 0 Å². The SMILES string of the molecule is Nc1cnc2oc(-c3ccccc3Br)nc2c1. The van der Waals surface area contributed by atoms with Crippen molar-refractivity contribution in [2.75, 3.05) is 5.73 Å². The second-order valence-electron chi connectivity index (χ2n) is 3.59. The van der Waals surface area contributed by atoms with Gasteiger partial charge in [0.15, 0.2) is 0 Å². The van der Waals surface area contributed by atoms with Crippen LogP contribution in [0.5, 0.6) is 0 Å². The van der Waals surface area contributed by atoms with Crippen LogP contribution in [-0.2, 0) is 0 Å². The third-order valence-corrected chi connectivity index (χ3v) is 3.06. The lowest BCUT2D eigenvalue weighted by Gasteiger charge is -1.96. The highest BCUT2D eigenvalue weighted by atomic mass is 79.9. The van der Waals surface area contributed by atoms with Crippen LogP contribution in [0.25, 0.3) is 22.7 Å². The van der Waals surface area contributed by atoms with E-state index < -0.39 is 0 Å². The van der Waals surface area contributed by atoms with Gasteiger partial charge in [-0.25, -0.2) is 9.97 Å². The molecule has 17 heavy (non-hydrogen) atoms. The summed E-state index contributed by atoms with van der Waals surface area (Å²) >= 11 is 3.46. The Hall–Kier alpha value is -1.88. The molecule has 2 heterocycles. The molecule has 0 radical (unpaired) electrons. The number of hydrogen-bond donors (Lipinski definition) is 1. The van der Waals surface area contributed by atoms with Gasteiger partial charge in [-0.15, -0.1) is 0 Å². The van der Waals surface area contributed by atoms with Crippen LogP contribution in [-0.4, -0.2) is 9.97 Å². The molecule has 3 aromatic rings. The molecule has 0 saturated carbocycles. The summed E-state index contributed by atoms with van der Waals surface area (Å²) in [5, 5.41) is 0. The summed E-state index contributed by atoms with van der Waals surface area (Å²) in [6, 6.07) is 9.47. The first-order valence-corrected chi connectivity index (χ1v) is 5.80. The summed E-state index contributed by atoms with van der Waals surface area (Å²) in [5.41, 5.74) is 8.27. The van der Waals surface area contributed by atoms with Gasteiger partial charge in [-0.05, 0) is 34.1 Å². The van der Waals surface area contributed by atoms with Crippen LogP contribution < -0.4 is 5.73 Å². The number of hydrogen-bond acceptors (Lipinski definition) is 4. The Morgan fingerprint density at radius 1 is 1.24 bits per heavy atom. The first-order valence-electron chi connectivity index (χ1n) is 5.01. The summed E-state index contributed by atoms with van der Waals surface area (Å²) in [7, 11) is 0. The molecule has 0 saturated heterocycles. The van der Waals surface area contributed by atoms with E-state index in [0.717, 1.165) is 10.0 Å². The van der Waals surface area contributed by atoms with Gasteiger partial charge in [0.2, 0.25) is 11.6 Å². The Kier molecular flexibility index (Phi) is 2.33. The third kappa shape index (κ3) is 1.78. The second-order valence-corrected chi connectivity index (χ2v) is 4.45. The van der Waals surface area contributed by atoms with Gasteiger partial charge in [0.25, 0.3) is 0 Å². The molecule has 5 heteroatoms. The number of benzene rings is 1. The first kappa shape index (κ1) is 10.3. The van der Waals surface area contributed by atoms with E-state index in [1.54, 1.807) is 12.3 Å². The summed E-state index contributed by atoms with van der Waals surface area (Å²) in [6.07, 6.45) is 1.55. The highest BCUT2D eigenvalue weighted by Crippen LogP contribution is 2.29. The van der Waals surface area contributed by atoms with E-state index in [2.05, 4.69) is 25.9 Å². The number of fused-ring (bicyclic) bond motifs is 1. The highest BCUT2D eigenvalue weighted by molar-refractivity contribution is 9.10. The number of pyridine rings is 1. The van der Waals surface area contributed by atoms with Crippen molar-refractivity contribution >= 4 is 32.8 Å². The van der Waals surface area contributed by atoms with Crippen molar-refractivity contribution in [1.82, 2.24) is 9.97 Å². The minimum Gasteiger partial charge on any atom is -0.418 e. The van der Waals surface area contributed by atoms with Crippen molar-refractivity contribution in [1.29, 1.82) is 0 Å². The zero-order chi connectivity index (χ0) is 11.8. The van der Waals surface area contributed by atoms with Gasteiger partial charge in [-0.1, -0.05) is 12.1 Å². The fraction of sp³-hybridized carbons (Fsp3) is 0. The zero-order valence-electron chi connectivity index (χ0n) is 8.72. The molecular formula is C12H8BrN3O. The molecule has 0 atom stereocenters. The van der Waals surface area contributed by atoms with Gasteiger partial charge in [-0.2, -0.15) is 0 Å². The van der Waals surface area contributed by atoms with Crippen molar-refractivity contribution < 1.29 is 4.42 Å². The van der Waals surface area contributed by atoms with E-state index >= 15 is 0 Å². The van der Waals surface area contributed by atoms with E-state index in [-0.39, 0.29) is 0 Å². The molecular weight excluding hydrogens is 282 g/mol. The highest BCUT2D eigenvalue weighted by Gasteiger charge is 2.11. The smallest absolute Gasteiger partial charge is 0.247 e. The lowest BCUT2D eigenvalue weighted by atomic mass is 10.2. The molecule has 1 aromatic carbocycles. The van der Waals surface area contributed by atoms with Crippen molar-refractivity contribution in [3.05, 3.63) is 41.0 Å². The summed E-state index contributed by atoms with van der Waals surface area (Å²) in [4.78, 5) is 8.45. The predicted molar refractivity (Wildman–Crippen MR) is 69.4 cm³/mol. The Morgan fingerprint density at radius 3 is 2.88 bits per heavy atom. The first-order chi connectivity index (χ1) is 8.24. The molecule has 0 fully saturated rings. The van der Waals surface area contributed by atoms with Gasteiger partial charge < -0.3 is 10.2 Å². The molecule has 0 unspecified atom stereocenters. The van der Waals surface area contributed by atoms with Crippen molar-refractivity contribution in [3.63, 3.8) is 0 Å². The summed E-state index contributed by atoms with van der Waals surface area (Å²) in [5.74, 6) is 0.533. The molecule has 0 aliphatic heterocycles. The number of nitrogens with two attached hydrogens (primary N) is 1. The average Bonchev–Trinajstić information content (AvgIpc) is 2.72. The van der Waals surface area contributed by atoms with E-state index in [9.17, 15) is 0 Å². The standard InChI is InChI=1S/C12H8BrN3O/c13-9-4-2-1-3-8(9)11-16-10-5-7(14)6-15-12(10)17-11/h1-6H,14H2. The molecule has 4 nitrogen and oxygen atoms in total. The van der Waals surface area contributed by atoms with Crippen molar-refractivity contribution in [2.24, 2.45) is 0 Å². The third-order valence-electron chi connectivity index (χ3n) is 2.37. The monoisotopic (exact) mass is 289 g/mol.